The lowest BCUT2D eigenvalue weighted by atomic mass is 10.2. The van der Waals surface area contributed by atoms with Gasteiger partial charge >= 0.3 is 0 Å². The zero-order chi connectivity index (χ0) is 17.5. The van der Waals surface area contributed by atoms with Gasteiger partial charge in [-0.15, -0.1) is 11.8 Å². The van der Waals surface area contributed by atoms with Gasteiger partial charge in [0.15, 0.2) is 0 Å². The van der Waals surface area contributed by atoms with E-state index in [0.29, 0.717) is 5.56 Å². The molecular formula is C18H19N3O2S. The van der Waals surface area contributed by atoms with Gasteiger partial charge in [-0.2, -0.15) is 0 Å². The van der Waals surface area contributed by atoms with E-state index in [2.05, 4.69) is 4.98 Å². The molecule has 5 nitrogen and oxygen atoms in total. The predicted molar refractivity (Wildman–Crippen MR) is 99.4 cm³/mol. The van der Waals surface area contributed by atoms with Gasteiger partial charge in [0.1, 0.15) is 11.3 Å². The fraction of sp³-hybridized carbons (Fsp3) is 0.111. The maximum absolute atomic E-state index is 10.6. The van der Waals surface area contributed by atoms with E-state index in [4.69, 9.17) is 16.2 Å². The summed E-state index contributed by atoms with van der Waals surface area (Å²) < 4.78 is 5.16. The van der Waals surface area contributed by atoms with Crippen LogP contribution < -0.4 is 16.2 Å². The normalized spacial score (nSPS) is 9.92. The number of anilines is 1. The van der Waals surface area contributed by atoms with E-state index >= 15 is 0 Å². The first kappa shape index (κ1) is 17.6. The van der Waals surface area contributed by atoms with Crippen molar-refractivity contribution in [2.75, 3.05) is 19.1 Å². The molecule has 1 amide bonds. The number of hydrogen-bond donors (Lipinski definition) is 2. The van der Waals surface area contributed by atoms with E-state index in [9.17, 15) is 4.79 Å². The number of fused-ring (bicyclic) bond motifs is 1. The minimum absolute atomic E-state index is 0.377. The largest absolute Gasteiger partial charge is 0.494 e. The molecule has 24 heavy (non-hydrogen) atoms. The number of nitrogens with zero attached hydrogens (tertiary/aromatic N) is 1. The second-order valence-corrected chi connectivity index (χ2v) is 5.73. The molecule has 124 valence electrons. The molecule has 3 rings (SSSR count). The number of carbonyl (C=O) groups excluding carboxylic acids is 1. The number of amides is 1. The SMILES string of the molecule is COc1cccc2c(N)ccnc12.CSc1ccc(C(N)=O)cc1. The summed E-state index contributed by atoms with van der Waals surface area (Å²) in [5, 5.41) is 0.932. The highest BCUT2D eigenvalue weighted by Gasteiger charge is 2.03. The predicted octanol–water partition coefficient (Wildman–Crippen LogP) is 3.33. The van der Waals surface area contributed by atoms with E-state index in [1.807, 2.05) is 36.6 Å². The van der Waals surface area contributed by atoms with E-state index in [0.717, 1.165) is 27.2 Å². The summed E-state index contributed by atoms with van der Waals surface area (Å²) in [5.74, 6) is 0.377. The number of pyridine rings is 1. The topological polar surface area (TPSA) is 91.2 Å². The molecule has 0 unspecified atom stereocenters. The van der Waals surface area contributed by atoms with E-state index < -0.39 is 0 Å². The number of benzene rings is 2. The fourth-order valence-electron chi connectivity index (χ4n) is 2.09. The minimum atomic E-state index is -0.377. The minimum Gasteiger partial charge on any atom is -0.494 e. The van der Waals surface area contributed by atoms with Gasteiger partial charge in [0.05, 0.1) is 7.11 Å². The summed E-state index contributed by atoms with van der Waals surface area (Å²) in [7, 11) is 1.62. The van der Waals surface area contributed by atoms with Crippen LogP contribution in [0.1, 0.15) is 10.4 Å². The van der Waals surface area contributed by atoms with E-state index in [1.54, 1.807) is 43.3 Å². The Labute approximate surface area is 145 Å². The Morgan fingerprint density at radius 2 is 1.83 bits per heavy atom. The molecule has 0 aliphatic heterocycles. The first-order valence-electron chi connectivity index (χ1n) is 7.18. The second-order valence-electron chi connectivity index (χ2n) is 4.85. The first-order chi connectivity index (χ1) is 11.6. The highest BCUT2D eigenvalue weighted by atomic mass is 32.2. The third-order valence-corrected chi connectivity index (χ3v) is 4.11. The number of carbonyl (C=O) groups is 1. The van der Waals surface area contributed by atoms with Crippen molar-refractivity contribution in [2.45, 2.75) is 4.90 Å². The lowest BCUT2D eigenvalue weighted by molar-refractivity contribution is 0.1000. The maximum atomic E-state index is 10.6. The lowest BCUT2D eigenvalue weighted by Gasteiger charge is -2.05. The number of rotatable bonds is 3. The molecule has 1 heterocycles. The number of thioether (sulfide) groups is 1. The summed E-state index contributed by atoms with van der Waals surface area (Å²) in [6, 6.07) is 14.7. The van der Waals surface area contributed by atoms with Gasteiger partial charge in [0.25, 0.3) is 0 Å². The van der Waals surface area contributed by atoms with Crippen LogP contribution in [0.5, 0.6) is 5.75 Å². The summed E-state index contributed by atoms with van der Waals surface area (Å²) >= 11 is 1.64. The quantitative estimate of drug-likeness (QED) is 0.713. The van der Waals surface area contributed by atoms with Crippen LogP contribution in [0.4, 0.5) is 5.69 Å². The van der Waals surface area contributed by atoms with Crippen molar-refractivity contribution in [3.05, 3.63) is 60.3 Å². The summed E-state index contributed by atoms with van der Waals surface area (Å²) in [4.78, 5) is 16.0. The van der Waals surface area contributed by atoms with Crippen LogP contribution in [0.15, 0.2) is 59.6 Å². The third-order valence-electron chi connectivity index (χ3n) is 3.36. The monoisotopic (exact) mass is 341 g/mol. The Hall–Kier alpha value is -2.73. The zero-order valence-electron chi connectivity index (χ0n) is 13.5. The Morgan fingerprint density at radius 1 is 1.12 bits per heavy atom. The number of aromatic nitrogens is 1. The standard InChI is InChI=1S/C10H10N2O.C8H9NOS/c1-13-9-4-2-3-7-8(11)5-6-12-10(7)9;1-11-7-4-2-6(3-5-7)8(9)10/h2-6H,1H3,(H2,11,12);2-5H,1H3,(H2,9,10). The van der Waals surface area contributed by atoms with Gasteiger partial charge < -0.3 is 16.2 Å². The molecule has 0 saturated carbocycles. The molecule has 2 aromatic carbocycles. The van der Waals surface area contributed by atoms with Crippen molar-refractivity contribution >= 4 is 34.3 Å². The van der Waals surface area contributed by atoms with Gasteiger partial charge in [0.2, 0.25) is 5.91 Å². The van der Waals surface area contributed by atoms with Crippen LogP contribution >= 0.6 is 11.8 Å². The molecule has 0 spiro atoms. The molecule has 0 aliphatic rings. The summed E-state index contributed by atoms with van der Waals surface area (Å²) in [6.07, 6.45) is 3.67. The average Bonchev–Trinajstić information content (AvgIpc) is 2.62. The fourth-order valence-corrected chi connectivity index (χ4v) is 2.50. The molecule has 0 bridgehead atoms. The molecule has 1 aromatic heterocycles. The van der Waals surface area contributed by atoms with Crippen LogP contribution in [0.25, 0.3) is 10.9 Å². The molecular weight excluding hydrogens is 322 g/mol. The van der Waals surface area contributed by atoms with E-state index in [1.165, 1.54) is 0 Å². The second kappa shape index (κ2) is 8.21. The van der Waals surface area contributed by atoms with Crippen LogP contribution in [-0.2, 0) is 0 Å². The average molecular weight is 341 g/mol. The number of nitrogen functional groups attached to an aromatic ring is 1. The van der Waals surface area contributed by atoms with Crippen LogP contribution in [0.2, 0.25) is 0 Å². The molecule has 0 aliphatic carbocycles. The Morgan fingerprint density at radius 3 is 2.42 bits per heavy atom. The first-order valence-corrected chi connectivity index (χ1v) is 8.40. The van der Waals surface area contributed by atoms with Crippen molar-refractivity contribution in [1.82, 2.24) is 4.98 Å². The zero-order valence-corrected chi connectivity index (χ0v) is 14.3. The van der Waals surface area contributed by atoms with Gasteiger partial charge in [0, 0.05) is 27.7 Å². The smallest absolute Gasteiger partial charge is 0.248 e. The Bertz CT molecular complexity index is 835. The number of primary amides is 1. The molecule has 0 radical (unpaired) electrons. The number of ether oxygens (including phenoxy) is 1. The number of para-hydroxylation sites is 1. The highest BCUT2D eigenvalue weighted by Crippen LogP contribution is 2.26. The molecule has 0 saturated heterocycles. The molecule has 0 fully saturated rings. The van der Waals surface area contributed by atoms with Crippen molar-refractivity contribution in [3.8, 4) is 5.75 Å². The molecule has 6 heteroatoms. The van der Waals surface area contributed by atoms with Gasteiger partial charge in [-0.05, 0) is 42.7 Å². The lowest BCUT2D eigenvalue weighted by Crippen LogP contribution is -2.10. The number of hydrogen-bond acceptors (Lipinski definition) is 5. The maximum Gasteiger partial charge on any atom is 0.248 e. The molecule has 3 aromatic rings. The van der Waals surface area contributed by atoms with Crippen LogP contribution in [-0.4, -0.2) is 24.3 Å². The van der Waals surface area contributed by atoms with Crippen LogP contribution in [0, 0.1) is 0 Å². The van der Waals surface area contributed by atoms with Gasteiger partial charge in [-0.25, -0.2) is 0 Å². The summed E-state index contributed by atoms with van der Waals surface area (Å²) in [5.41, 5.74) is 12.9. The highest BCUT2D eigenvalue weighted by molar-refractivity contribution is 7.98. The summed E-state index contributed by atoms with van der Waals surface area (Å²) in [6.45, 7) is 0. The van der Waals surface area contributed by atoms with Crippen molar-refractivity contribution in [3.63, 3.8) is 0 Å². The molecule has 0 atom stereocenters. The Kier molecular flexibility index (Phi) is 6.03. The van der Waals surface area contributed by atoms with Crippen LogP contribution in [0.3, 0.4) is 0 Å². The van der Waals surface area contributed by atoms with Crippen molar-refractivity contribution in [1.29, 1.82) is 0 Å². The van der Waals surface area contributed by atoms with Gasteiger partial charge in [-0.1, -0.05) is 12.1 Å². The Balaban J connectivity index is 0.000000177. The van der Waals surface area contributed by atoms with Gasteiger partial charge in [-0.3, -0.25) is 9.78 Å². The third kappa shape index (κ3) is 4.17. The molecule has 4 N–H and O–H groups in total. The number of methoxy groups -OCH3 is 1. The number of nitrogens with two attached hydrogens (primary N) is 2. The van der Waals surface area contributed by atoms with E-state index in [-0.39, 0.29) is 5.91 Å². The van der Waals surface area contributed by atoms with Crippen molar-refractivity contribution in [2.24, 2.45) is 5.73 Å². The van der Waals surface area contributed by atoms with Crippen molar-refractivity contribution < 1.29 is 9.53 Å².